The third-order valence-electron chi connectivity index (χ3n) is 4.79. The van der Waals surface area contributed by atoms with Crippen molar-refractivity contribution in [3.63, 3.8) is 0 Å². The number of hydrogen-bond donors (Lipinski definition) is 0. The number of allylic oxidation sites excluding steroid dienone is 1. The minimum absolute atomic E-state index is 0.164. The van der Waals surface area contributed by atoms with Crippen LogP contribution >= 0.6 is 27.3 Å². The van der Waals surface area contributed by atoms with Crippen molar-refractivity contribution in [2.45, 2.75) is 26.7 Å². The Bertz CT molecular complexity index is 1040. The molecule has 0 saturated carbocycles. The van der Waals surface area contributed by atoms with Gasteiger partial charge in [-0.15, -0.1) is 11.3 Å². The number of hydrogen-bond acceptors (Lipinski definition) is 9. The molecule has 0 aliphatic carbocycles. The predicted molar refractivity (Wildman–Crippen MR) is 142 cm³/mol. The highest BCUT2D eigenvalue weighted by Gasteiger charge is 2.32. The summed E-state index contributed by atoms with van der Waals surface area (Å²) in [5.41, 5.74) is 1.78. The molecule has 1 aromatic heterocycles. The number of aromatic nitrogens is 1. The van der Waals surface area contributed by atoms with Crippen molar-refractivity contribution in [2.75, 3.05) is 46.9 Å². The van der Waals surface area contributed by atoms with Gasteiger partial charge in [0, 0.05) is 28.3 Å². The molecule has 2 aromatic rings. The smallest absolute Gasteiger partial charge is 0.337 e. The molecule has 0 spiro atoms. The summed E-state index contributed by atoms with van der Waals surface area (Å²) < 4.78 is 22.7. The van der Waals surface area contributed by atoms with Crippen molar-refractivity contribution in [2.24, 2.45) is 4.99 Å². The Morgan fingerprint density at radius 1 is 1.22 bits per heavy atom. The summed E-state index contributed by atoms with van der Waals surface area (Å²) in [5.74, 6) is 0.295. The fraction of sp³-hybridized carbons (Fsp3) is 0.440. The van der Waals surface area contributed by atoms with Gasteiger partial charge in [0.05, 0.1) is 31.9 Å². The van der Waals surface area contributed by atoms with Gasteiger partial charge in [0.25, 0.3) is 0 Å². The molecule has 1 saturated heterocycles. The van der Waals surface area contributed by atoms with Crippen LogP contribution in [0.25, 0.3) is 0 Å². The molecule has 196 valence electrons. The lowest BCUT2D eigenvalue weighted by Gasteiger charge is -2.26. The summed E-state index contributed by atoms with van der Waals surface area (Å²) in [5, 5.41) is 2.86. The number of esters is 2. The zero-order valence-corrected chi connectivity index (χ0v) is 23.4. The van der Waals surface area contributed by atoms with E-state index in [4.69, 9.17) is 4.74 Å². The van der Waals surface area contributed by atoms with E-state index in [0.29, 0.717) is 31.9 Å². The Morgan fingerprint density at radius 2 is 1.97 bits per heavy atom. The first kappa shape index (κ1) is 29.6. The molecule has 11 heteroatoms. The van der Waals surface area contributed by atoms with Crippen LogP contribution in [0, 0.1) is 5.82 Å². The van der Waals surface area contributed by atoms with Crippen molar-refractivity contribution in [1.82, 2.24) is 14.8 Å². The number of halogens is 2. The zero-order chi connectivity index (χ0) is 26.5. The first-order valence-electron chi connectivity index (χ1n) is 11.6. The summed E-state index contributed by atoms with van der Waals surface area (Å²) >= 11 is 4.70. The van der Waals surface area contributed by atoms with Crippen LogP contribution in [0.1, 0.15) is 31.7 Å². The molecule has 2 aliphatic rings. The van der Waals surface area contributed by atoms with Crippen LogP contribution in [0.2, 0.25) is 0 Å². The fourth-order valence-corrected chi connectivity index (χ4v) is 4.42. The lowest BCUT2D eigenvalue weighted by Crippen LogP contribution is -2.33. The molecule has 4 rings (SSSR count). The van der Waals surface area contributed by atoms with E-state index in [-0.39, 0.29) is 17.8 Å². The average Bonchev–Trinajstić information content (AvgIpc) is 3.52. The Kier molecular flexibility index (Phi) is 12.7. The number of aliphatic imine (C=N–C) groups is 1. The molecule has 8 nitrogen and oxygen atoms in total. The van der Waals surface area contributed by atoms with Crippen LogP contribution < -0.4 is 0 Å². The van der Waals surface area contributed by atoms with Crippen LogP contribution in [0.3, 0.4) is 0 Å². The summed E-state index contributed by atoms with van der Waals surface area (Å²) in [6.07, 6.45) is 3.74. The van der Waals surface area contributed by atoms with E-state index in [1.807, 2.05) is 26.4 Å². The lowest BCUT2D eigenvalue weighted by molar-refractivity contribution is -0.143. The molecular weight excluding hydrogens is 551 g/mol. The first-order valence-corrected chi connectivity index (χ1v) is 13.3. The van der Waals surface area contributed by atoms with Crippen molar-refractivity contribution in [1.29, 1.82) is 0 Å². The maximum absolute atomic E-state index is 12.1. The van der Waals surface area contributed by atoms with Crippen molar-refractivity contribution in [3.8, 4) is 0 Å². The summed E-state index contributed by atoms with van der Waals surface area (Å²) in [6, 6.07) is 6.26. The van der Waals surface area contributed by atoms with E-state index >= 15 is 0 Å². The molecule has 0 radical (unpaired) electrons. The van der Waals surface area contributed by atoms with E-state index in [9.17, 15) is 14.0 Å². The molecule has 0 N–H and O–H groups in total. The second-order valence-corrected chi connectivity index (χ2v) is 9.67. The quantitative estimate of drug-likeness (QED) is 0.463. The van der Waals surface area contributed by atoms with Gasteiger partial charge >= 0.3 is 11.9 Å². The number of amidine groups is 1. The molecule has 0 bridgehead atoms. The molecule has 0 unspecified atom stereocenters. The number of ether oxygens (including phenoxy) is 2. The number of fused-ring (bicyclic) bond motifs is 1. The summed E-state index contributed by atoms with van der Waals surface area (Å²) in [4.78, 5) is 35.3. The SMILES string of the molecule is CCOC(=O)C1=C2CCCN2C(c2nccs2)=NC1.CCOC(=O)CN(C)C.Fc1cccc(Br)c1. The Hall–Kier alpha value is -2.63. The molecule has 0 amide bonds. The Labute approximate surface area is 223 Å². The molecule has 1 aromatic carbocycles. The zero-order valence-electron chi connectivity index (χ0n) is 21.0. The second-order valence-electron chi connectivity index (χ2n) is 7.86. The van der Waals surface area contributed by atoms with Crippen LogP contribution in [0.15, 0.2) is 56.6 Å². The first-order chi connectivity index (χ1) is 17.3. The lowest BCUT2D eigenvalue weighted by atomic mass is 10.1. The van der Waals surface area contributed by atoms with Crippen molar-refractivity contribution >= 4 is 45.0 Å². The Balaban J connectivity index is 0.000000224. The number of benzene rings is 1. The van der Waals surface area contributed by atoms with E-state index in [2.05, 4.69) is 35.5 Å². The number of rotatable bonds is 6. The highest BCUT2D eigenvalue weighted by atomic mass is 79.9. The molecule has 2 aliphatic heterocycles. The highest BCUT2D eigenvalue weighted by Crippen LogP contribution is 2.31. The van der Waals surface area contributed by atoms with Crippen LogP contribution in [-0.4, -0.2) is 79.5 Å². The normalized spacial score (nSPS) is 14.2. The van der Waals surface area contributed by atoms with Crippen LogP contribution in [-0.2, 0) is 19.1 Å². The van der Waals surface area contributed by atoms with Gasteiger partial charge in [0.1, 0.15) is 5.82 Å². The fourth-order valence-electron chi connectivity index (χ4n) is 3.39. The minimum atomic E-state index is -0.230. The maximum atomic E-state index is 12.1. The molecular formula is C25H32BrFN4O4S. The largest absolute Gasteiger partial charge is 0.465 e. The van der Waals surface area contributed by atoms with Crippen molar-refractivity contribution in [3.05, 3.63) is 62.4 Å². The monoisotopic (exact) mass is 582 g/mol. The molecule has 0 atom stereocenters. The number of nitrogens with zero attached hydrogens (tertiary/aromatic N) is 4. The van der Waals surface area contributed by atoms with E-state index in [1.54, 1.807) is 41.5 Å². The van der Waals surface area contributed by atoms with Gasteiger partial charge in [-0.05, 0) is 59.0 Å². The number of thiazole rings is 1. The minimum Gasteiger partial charge on any atom is -0.465 e. The number of carbonyl (C=O) groups is 2. The second kappa shape index (κ2) is 15.5. The van der Waals surface area contributed by atoms with Gasteiger partial charge in [-0.3, -0.25) is 14.7 Å². The van der Waals surface area contributed by atoms with E-state index < -0.39 is 0 Å². The van der Waals surface area contributed by atoms with Gasteiger partial charge in [0.2, 0.25) is 0 Å². The molecule has 36 heavy (non-hydrogen) atoms. The van der Waals surface area contributed by atoms with E-state index in [1.165, 1.54) is 12.1 Å². The standard InChI is InChI=1S/C13H15N3O2S.C6H4BrF.C6H13NO2/c1-2-18-13(17)9-8-15-11(12-14-5-7-19-12)16-6-3-4-10(9)16;7-5-2-1-3-6(8)4-5;1-4-9-6(8)5-7(2)3/h5,7H,2-4,6,8H2,1H3;1-4H;4-5H2,1-3H3. The van der Waals surface area contributed by atoms with Gasteiger partial charge < -0.3 is 14.4 Å². The number of carbonyl (C=O) groups excluding carboxylic acids is 2. The van der Waals surface area contributed by atoms with Gasteiger partial charge in [-0.2, -0.15) is 0 Å². The van der Waals surface area contributed by atoms with Gasteiger partial charge in [0.15, 0.2) is 10.8 Å². The number of likely N-dealkylation sites (N-methyl/N-ethyl adjacent to an activating group) is 1. The van der Waals surface area contributed by atoms with E-state index in [0.717, 1.165) is 40.4 Å². The average molecular weight is 584 g/mol. The van der Waals surface area contributed by atoms with Crippen molar-refractivity contribution < 1.29 is 23.5 Å². The van der Waals surface area contributed by atoms with Gasteiger partial charge in [-0.25, -0.2) is 14.2 Å². The third kappa shape index (κ3) is 9.44. The molecule has 3 heterocycles. The third-order valence-corrected chi connectivity index (χ3v) is 6.06. The summed E-state index contributed by atoms with van der Waals surface area (Å²) in [6.45, 7) is 6.16. The van der Waals surface area contributed by atoms with Crippen LogP contribution in [0.4, 0.5) is 4.39 Å². The highest BCUT2D eigenvalue weighted by molar-refractivity contribution is 9.10. The summed E-state index contributed by atoms with van der Waals surface area (Å²) in [7, 11) is 3.66. The molecule has 1 fully saturated rings. The van der Waals surface area contributed by atoms with Crippen LogP contribution in [0.5, 0.6) is 0 Å². The Morgan fingerprint density at radius 3 is 2.53 bits per heavy atom. The predicted octanol–water partition coefficient (Wildman–Crippen LogP) is 4.52. The topological polar surface area (TPSA) is 84.3 Å². The van der Waals surface area contributed by atoms with Gasteiger partial charge in [-0.1, -0.05) is 22.0 Å². The maximum Gasteiger partial charge on any atom is 0.337 e.